The van der Waals surface area contributed by atoms with Crippen LogP contribution in [0.2, 0.25) is 0 Å². The number of carbonyl (C=O) groups is 1. The van der Waals surface area contributed by atoms with Crippen molar-refractivity contribution in [1.29, 1.82) is 0 Å². The second kappa shape index (κ2) is 5.15. The van der Waals surface area contributed by atoms with Crippen LogP contribution in [-0.4, -0.2) is 37.0 Å². The predicted molar refractivity (Wildman–Crippen MR) is 70.2 cm³/mol. The van der Waals surface area contributed by atoms with Crippen molar-refractivity contribution >= 4 is 18.3 Å². The fourth-order valence-electron chi connectivity index (χ4n) is 3.32. The van der Waals surface area contributed by atoms with Gasteiger partial charge in [-0.3, -0.25) is 4.79 Å². The van der Waals surface area contributed by atoms with Crippen LogP contribution in [-0.2, 0) is 4.79 Å². The van der Waals surface area contributed by atoms with E-state index in [0.29, 0.717) is 11.8 Å². The monoisotopic (exact) mass is 258 g/mol. The van der Waals surface area contributed by atoms with Crippen molar-refractivity contribution < 1.29 is 4.79 Å². The Morgan fingerprint density at radius 3 is 2.65 bits per heavy atom. The fourth-order valence-corrected chi connectivity index (χ4v) is 3.32. The van der Waals surface area contributed by atoms with Gasteiger partial charge < -0.3 is 10.2 Å². The number of nitrogens with zero attached hydrogens (tertiary/aromatic N) is 1. The van der Waals surface area contributed by atoms with E-state index in [4.69, 9.17) is 0 Å². The number of nitrogens with one attached hydrogen (secondary N) is 1. The Balaban J connectivity index is 0.00000108. The molecule has 2 heterocycles. The predicted octanol–water partition coefficient (Wildman–Crippen LogP) is 1.52. The van der Waals surface area contributed by atoms with E-state index in [1.807, 2.05) is 0 Å². The smallest absolute Gasteiger partial charge is 0.225 e. The molecule has 1 N–H and O–H groups in total. The van der Waals surface area contributed by atoms with E-state index in [0.717, 1.165) is 31.5 Å². The molecule has 4 heteroatoms. The van der Waals surface area contributed by atoms with Crippen LogP contribution < -0.4 is 5.32 Å². The third-order valence-electron chi connectivity index (χ3n) is 4.73. The molecule has 1 saturated carbocycles. The van der Waals surface area contributed by atoms with Gasteiger partial charge in [0, 0.05) is 19.0 Å². The molecular weight excluding hydrogens is 236 g/mol. The molecule has 1 amide bonds. The maximum atomic E-state index is 12.3. The number of halogens is 1. The lowest BCUT2D eigenvalue weighted by molar-refractivity contribution is -0.137. The topological polar surface area (TPSA) is 32.3 Å². The molecule has 3 atom stereocenters. The van der Waals surface area contributed by atoms with Crippen molar-refractivity contribution in [3.05, 3.63) is 0 Å². The van der Waals surface area contributed by atoms with Gasteiger partial charge in [0.2, 0.25) is 5.91 Å². The lowest BCUT2D eigenvalue weighted by Crippen LogP contribution is -2.45. The zero-order valence-electron chi connectivity index (χ0n) is 10.5. The van der Waals surface area contributed by atoms with E-state index in [1.54, 1.807) is 0 Å². The Hall–Kier alpha value is -0.280. The van der Waals surface area contributed by atoms with Gasteiger partial charge in [-0.05, 0) is 50.1 Å². The average molecular weight is 259 g/mol. The number of hydrogen-bond acceptors (Lipinski definition) is 2. The highest BCUT2D eigenvalue weighted by molar-refractivity contribution is 5.85. The Labute approximate surface area is 110 Å². The number of rotatable bonds is 2. The van der Waals surface area contributed by atoms with Crippen molar-refractivity contribution in [3.63, 3.8) is 0 Å². The molecule has 98 valence electrons. The van der Waals surface area contributed by atoms with Gasteiger partial charge >= 0.3 is 0 Å². The highest BCUT2D eigenvalue weighted by Crippen LogP contribution is 2.38. The Morgan fingerprint density at radius 2 is 1.94 bits per heavy atom. The van der Waals surface area contributed by atoms with Gasteiger partial charge in [-0.25, -0.2) is 0 Å². The van der Waals surface area contributed by atoms with Gasteiger partial charge in [-0.15, -0.1) is 12.4 Å². The molecular formula is C13H23ClN2O. The van der Waals surface area contributed by atoms with Crippen LogP contribution >= 0.6 is 12.4 Å². The number of hydrogen-bond donors (Lipinski definition) is 1. The molecule has 1 aliphatic carbocycles. The van der Waals surface area contributed by atoms with Crippen molar-refractivity contribution in [2.45, 2.75) is 26.2 Å². The molecule has 3 nitrogen and oxygen atoms in total. The minimum atomic E-state index is 0. The van der Waals surface area contributed by atoms with Gasteiger partial charge in [-0.2, -0.15) is 0 Å². The second-order valence-corrected chi connectivity index (χ2v) is 5.88. The first-order chi connectivity index (χ1) is 7.75. The Morgan fingerprint density at radius 1 is 1.24 bits per heavy atom. The van der Waals surface area contributed by atoms with Crippen molar-refractivity contribution in [2.75, 3.05) is 26.2 Å². The standard InChI is InChI=1S/C13H22N2O.ClH/c1-9(10-2-3-10)13(16)15-5-4-11-6-14-7-12(11)8-15;/h9-12,14H,2-8H2,1H3;1H. The van der Waals surface area contributed by atoms with Gasteiger partial charge in [0.25, 0.3) is 0 Å². The first kappa shape index (κ1) is 13.2. The van der Waals surface area contributed by atoms with Crippen LogP contribution in [0.4, 0.5) is 0 Å². The van der Waals surface area contributed by atoms with Crippen LogP contribution in [0.1, 0.15) is 26.2 Å². The van der Waals surface area contributed by atoms with E-state index in [1.165, 1.54) is 25.8 Å². The Kier molecular flexibility index (Phi) is 3.99. The first-order valence-electron chi connectivity index (χ1n) is 6.75. The maximum Gasteiger partial charge on any atom is 0.225 e. The van der Waals surface area contributed by atoms with Crippen LogP contribution in [0.3, 0.4) is 0 Å². The quantitative estimate of drug-likeness (QED) is 0.815. The lowest BCUT2D eigenvalue weighted by atomic mass is 9.88. The average Bonchev–Trinajstić information content (AvgIpc) is 3.05. The largest absolute Gasteiger partial charge is 0.342 e. The van der Waals surface area contributed by atoms with Crippen molar-refractivity contribution in [3.8, 4) is 0 Å². The zero-order chi connectivity index (χ0) is 11.1. The van der Waals surface area contributed by atoms with Gasteiger partial charge in [0.15, 0.2) is 0 Å². The molecule has 2 saturated heterocycles. The van der Waals surface area contributed by atoms with Gasteiger partial charge in [0.1, 0.15) is 0 Å². The number of amides is 1. The molecule has 0 radical (unpaired) electrons. The summed E-state index contributed by atoms with van der Waals surface area (Å²) in [5, 5.41) is 3.45. The highest BCUT2D eigenvalue weighted by atomic mass is 35.5. The van der Waals surface area contributed by atoms with Gasteiger partial charge in [-0.1, -0.05) is 6.92 Å². The number of piperidine rings is 1. The van der Waals surface area contributed by atoms with E-state index in [-0.39, 0.29) is 18.3 Å². The van der Waals surface area contributed by atoms with Crippen molar-refractivity contribution in [1.82, 2.24) is 10.2 Å². The molecule has 0 spiro atoms. The molecule has 0 bridgehead atoms. The molecule has 0 aromatic carbocycles. The molecule has 3 fully saturated rings. The van der Waals surface area contributed by atoms with Crippen molar-refractivity contribution in [2.24, 2.45) is 23.7 Å². The summed E-state index contributed by atoms with van der Waals surface area (Å²) < 4.78 is 0. The SMILES string of the molecule is CC(C(=O)N1CCC2CNCC2C1)C1CC1.Cl. The molecule has 2 aliphatic heterocycles. The molecule has 17 heavy (non-hydrogen) atoms. The normalized spacial score (nSPS) is 33.8. The first-order valence-corrected chi connectivity index (χ1v) is 6.75. The summed E-state index contributed by atoms with van der Waals surface area (Å²) >= 11 is 0. The summed E-state index contributed by atoms with van der Waals surface area (Å²) in [6.45, 7) is 6.42. The number of likely N-dealkylation sites (tertiary alicyclic amines) is 1. The molecule has 3 rings (SSSR count). The maximum absolute atomic E-state index is 12.3. The van der Waals surface area contributed by atoms with Gasteiger partial charge in [0.05, 0.1) is 0 Å². The minimum Gasteiger partial charge on any atom is -0.342 e. The summed E-state index contributed by atoms with van der Waals surface area (Å²) in [6.07, 6.45) is 3.75. The summed E-state index contributed by atoms with van der Waals surface area (Å²) in [6, 6.07) is 0. The highest BCUT2D eigenvalue weighted by Gasteiger charge is 2.39. The molecule has 3 aliphatic rings. The summed E-state index contributed by atoms with van der Waals surface area (Å²) in [4.78, 5) is 14.4. The third kappa shape index (κ3) is 2.60. The third-order valence-corrected chi connectivity index (χ3v) is 4.73. The zero-order valence-corrected chi connectivity index (χ0v) is 11.3. The van der Waals surface area contributed by atoms with E-state index in [9.17, 15) is 4.79 Å². The summed E-state index contributed by atoms with van der Waals surface area (Å²) in [5.74, 6) is 2.97. The number of fused-ring (bicyclic) bond motifs is 1. The fraction of sp³-hybridized carbons (Fsp3) is 0.923. The van der Waals surface area contributed by atoms with Crippen LogP contribution in [0.25, 0.3) is 0 Å². The Bertz CT molecular complexity index is 293. The summed E-state index contributed by atoms with van der Waals surface area (Å²) in [7, 11) is 0. The van der Waals surface area contributed by atoms with E-state index in [2.05, 4.69) is 17.1 Å². The summed E-state index contributed by atoms with van der Waals surface area (Å²) in [5.41, 5.74) is 0. The van der Waals surface area contributed by atoms with E-state index >= 15 is 0 Å². The minimum absolute atomic E-state index is 0. The van der Waals surface area contributed by atoms with E-state index < -0.39 is 0 Å². The second-order valence-electron chi connectivity index (χ2n) is 5.88. The molecule has 0 aromatic heterocycles. The van der Waals surface area contributed by atoms with Crippen LogP contribution in [0.15, 0.2) is 0 Å². The van der Waals surface area contributed by atoms with Crippen LogP contribution in [0.5, 0.6) is 0 Å². The lowest BCUT2D eigenvalue weighted by Gasteiger charge is -2.36. The molecule has 3 unspecified atom stereocenters. The van der Waals surface area contributed by atoms with Crippen LogP contribution in [0, 0.1) is 23.7 Å². The number of carbonyl (C=O) groups excluding carboxylic acids is 1. The molecule has 0 aromatic rings.